The van der Waals surface area contributed by atoms with Gasteiger partial charge in [0, 0.05) is 23.2 Å². The first-order chi connectivity index (χ1) is 16.5. The number of benzene rings is 1. The highest BCUT2D eigenvalue weighted by molar-refractivity contribution is 6.09. The minimum Gasteiger partial charge on any atom is -0.376 e. The molecule has 1 aromatic carbocycles. The zero-order valence-corrected chi connectivity index (χ0v) is 20.8. The number of aromatic amines is 1. The second-order valence-electron chi connectivity index (χ2n) is 9.73. The number of ether oxygens (including phenoxy) is 1. The van der Waals surface area contributed by atoms with E-state index in [1.165, 1.54) is 6.21 Å². The van der Waals surface area contributed by atoms with Gasteiger partial charge in [0.1, 0.15) is 12.0 Å². The van der Waals surface area contributed by atoms with Gasteiger partial charge in [-0.05, 0) is 74.8 Å². The van der Waals surface area contributed by atoms with Crippen molar-refractivity contribution in [2.45, 2.75) is 84.3 Å². The monoisotopic (exact) mass is 459 g/mol. The van der Waals surface area contributed by atoms with E-state index in [2.05, 4.69) is 72.1 Å². The Labute approximate surface area is 202 Å². The van der Waals surface area contributed by atoms with Gasteiger partial charge in [0.05, 0.1) is 23.4 Å². The number of hydrogen-bond acceptors (Lipinski definition) is 5. The Kier molecular flexibility index (Phi) is 7.88. The van der Waals surface area contributed by atoms with Gasteiger partial charge in [-0.15, -0.1) is 0 Å². The van der Waals surface area contributed by atoms with Gasteiger partial charge in [-0.3, -0.25) is 5.10 Å². The van der Waals surface area contributed by atoms with Crippen LogP contribution < -0.4 is 0 Å². The Balaban J connectivity index is 1.64. The van der Waals surface area contributed by atoms with Crippen LogP contribution in [0.1, 0.15) is 83.4 Å². The molecule has 2 N–H and O–H groups in total. The lowest BCUT2D eigenvalue weighted by atomic mass is 9.83. The molecule has 2 aromatic heterocycles. The third kappa shape index (κ3) is 5.44. The molecular formula is C28H37N5O. The third-order valence-electron chi connectivity index (χ3n) is 7.12. The molecule has 4 rings (SSSR count). The van der Waals surface area contributed by atoms with Crippen molar-refractivity contribution in [3.8, 4) is 11.4 Å². The van der Waals surface area contributed by atoms with Gasteiger partial charge in [0.15, 0.2) is 0 Å². The van der Waals surface area contributed by atoms with Crippen LogP contribution in [-0.2, 0) is 4.74 Å². The molecule has 3 aromatic rings. The summed E-state index contributed by atoms with van der Waals surface area (Å²) in [7, 11) is 0. The minimum absolute atomic E-state index is 0.272. The molecule has 0 amide bonds. The number of unbranched alkanes of at least 4 members (excludes halogenated alkanes) is 2. The molecule has 4 atom stereocenters. The first-order valence-electron chi connectivity index (χ1n) is 12.7. The number of nitrogens with zero attached hydrogens (tertiary/aromatic N) is 3. The quantitative estimate of drug-likeness (QED) is 0.282. The Morgan fingerprint density at radius 3 is 2.85 bits per heavy atom. The normalized spacial score (nSPS) is 22.5. The summed E-state index contributed by atoms with van der Waals surface area (Å²) in [6.07, 6.45) is 12.4. The van der Waals surface area contributed by atoms with Crippen LogP contribution in [0.15, 0.2) is 36.7 Å². The van der Waals surface area contributed by atoms with Gasteiger partial charge in [-0.25, -0.2) is 9.97 Å². The Morgan fingerprint density at radius 1 is 1.21 bits per heavy atom. The fraction of sp³-hybridized carbons (Fsp3) is 0.500. The zero-order chi connectivity index (χ0) is 24.1. The fourth-order valence-corrected chi connectivity index (χ4v) is 5.07. The molecule has 0 aliphatic carbocycles. The van der Waals surface area contributed by atoms with Crippen molar-refractivity contribution < 1.29 is 4.74 Å². The van der Waals surface area contributed by atoms with Gasteiger partial charge >= 0.3 is 0 Å². The van der Waals surface area contributed by atoms with E-state index in [-0.39, 0.29) is 6.10 Å². The maximum Gasteiger partial charge on any atom is 0.118 e. The van der Waals surface area contributed by atoms with Crippen LogP contribution in [-0.4, -0.2) is 38.6 Å². The predicted molar refractivity (Wildman–Crippen MR) is 139 cm³/mol. The maximum atomic E-state index is 7.89. The van der Waals surface area contributed by atoms with Crippen molar-refractivity contribution in [2.75, 3.05) is 0 Å². The molecule has 1 aliphatic heterocycles. The van der Waals surface area contributed by atoms with Gasteiger partial charge < -0.3 is 10.1 Å². The molecule has 3 heterocycles. The van der Waals surface area contributed by atoms with Crippen LogP contribution in [0.2, 0.25) is 0 Å². The number of aromatic nitrogens is 4. The van der Waals surface area contributed by atoms with E-state index in [1.54, 1.807) is 6.33 Å². The minimum atomic E-state index is 0.272. The lowest BCUT2D eigenvalue weighted by Gasteiger charge is -2.23. The SMILES string of the molecule is CCCCC=C(C=N)c1ccc2[nH]nc(-c3cc(C(C)C4CCC(C)OC(C)C4)ncn3)c2c1. The van der Waals surface area contributed by atoms with Crippen molar-refractivity contribution in [2.24, 2.45) is 5.92 Å². The number of fused-ring (bicyclic) bond motifs is 1. The smallest absolute Gasteiger partial charge is 0.118 e. The zero-order valence-electron chi connectivity index (χ0n) is 20.8. The maximum absolute atomic E-state index is 7.89. The second kappa shape index (κ2) is 11.0. The fourth-order valence-electron chi connectivity index (χ4n) is 5.07. The van der Waals surface area contributed by atoms with E-state index in [4.69, 9.17) is 10.1 Å². The molecule has 34 heavy (non-hydrogen) atoms. The summed E-state index contributed by atoms with van der Waals surface area (Å²) >= 11 is 0. The van der Waals surface area contributed by atoms with Crippen LogP contribution in [0.4, 0.5) is 0 Å². The molecule has 0 spiro atoms. The summed E-state index contributed by atoms with van der Waals surface area (Å²) in [6.45, 7) is 8.81. The highest BCUT2D eigenvalue weighted by Crippen LogP contribution is 2.36. The molecule has 6 nitrogen and oxygen atoms in total. The average molecular weight is 460 g/mol. The molecule has 180 valence electrons. The molecule has 4 unspecified atom stereocenters. The van der Waals surface area contributed by atoms with Crippen LogP contribution in [0.3, 0.4) is 0 Å². The van der Waals surface area contributed by atoms with Crippen molar-refractivity contribution in [3.63, 3.8) is 0 Å². The molecule has 0 bridgehead atoms. The van der Waals surface area contributed by atoms with Crippen molar-refractivity contribution in [1.29, 1.82) is 5.41 Å². The van der Waals surface area contributed by atoms with Gasteiger partial charge in [0.25, 0.3) is 0 Å². The Bertz CT molecular complexity index is 1150. The van der Waals surface area contributed by atoms with E-state index in [1.807, 2.05) is 6.07 Å². The van der Waals surface area contributed by atoms with E-state index in [0.29, 0.717) is 17.9 Å². The predicted octanol–water partition coefficient (Wildman–Crippen LogP) is 6.94. The van der Waals surface area contributed by atoms with Crippen molar-refractivity contribution in [3.05, 3.63) is 47.9 Å². The third-order valence-corrected chi connectivity index (χ3v) is 7.12. The summed E-state index contributed by atoms with van der Waals surface area (Å²) in [6, 6.07) is 8.31. The highest BCUT2D eigenvalue weighted by atomic mass is 16.5. The second-order valence-corrected chi connectivity index (χ2v) is 9.73. The standard InChI is InChI=1S/C28H37N5O/c1-5-6-7-8-23(16-29)22-11-12-25-24(14-22)28(33-32-25)27-15-26(30-17-31-27)20(4)21-10-9-18(2)34-19(3)13-21/h8,11-12,14-21,29H,5-7,9-10,13H2,1-4H3,(H,32,33). The van der Waals surface area contributed by atoms with E-state index in [9.17, 15) is 0 Å². The van der Waals surface area contributed by atoms with Crippen molar-refractivity contribution in [1.82, 2.24) is 20.2 Å². The molecule has 1 aliphatic rings. The van der Waals surface area contributed by atoms with Crippen molar-refractivity contribution >= 4 is 22.7 Å². The highest BCUT2D eigenvalue weighted by Gasteiger charge is 2.27. The van der Waals surface area contributed by atoms with Crippen LogP contribution in [0.5, 0.6) is 0 Å². The van der Waals surface area contributed by atoms with E-state index in [0.717, 1.165) is 77.6 Å². The van der Waals surface area contributed by atoms with Crippen LogP contribution in [0, 0.1) is 11.3 Å². The number of rotatable bonds is 8. The van der Waals surface area contributed by atoms with E-state index < -0.39 is 0 Å². The summed E-state index contributed by atoms with van der Waals surface area (Å²) in [4.78, 5) is 9.23. The number of H-pyrrole nitrogens is 1. The number of hydrogen-bond donors (Lipinski definition) is 2. The van der Waals surface area contributed by atoms with Gasteiger partial charge in [0.2, 0.25) is 0 Å². The topological polar surface area (TPSA) is 87.5 Å². The largest absolute Gasteiger partial charge is 0.376 e. The van der Waals surface area contributed by atoms with Gasteiger partial charge in [-0.2, -0.15) is 5.10 Å². The van der Waals surface area contributed by atoms with Gasteiger partial charge in [-0.1, -0.05) is 38.8 Å². The first kappa shape index (κ1) is 24.3. The summed E-state index contributed by atoms with van der Waals surface area (Å²) in [5, 5.41) is 16.7. The summed E-state index contributed by atoms with van der Waals surface area (Å²) in [5.74, 6) is 0.860. The summed E-state index contributed by atoms with van der Waals surface area (Å²) in [5.41, 5.74) is 5.66. The molecule has 0 radical (unpaired) electrons. The Hall–Kier alpha value is -2.86. The number of allylic oxidation sites excluding steroid dienone is 2. The molecular weight excluding hydrogens is 422 g/mol. The molecule has 6 heteroatoms. The Morgan fingerprint density at radius 2 is 2.06 bits per heavy atom. The van der Waals surface area contributed by atoms with E-state index >= 15 is 0 Å². The lowest BCUT2D eigenvalue weighted by Crippen LogP contribution is -2.17. The molecule has 1 saturated heterocycles. The molecule has 0 saturated carbocycles. The number of nitrogens with one attached hydrogen (secondary N) is 2. The summed E-state index contributed by atoms with van der Waals surface area (Å²) < 4.78 is 6.06. The molecule has 1 fully saturated rings. The lowest BCUT2D eigenvalue weighted by molar-refractivity contribution is 0.0103. The average Bonchev–Trinajstić information content (AvgIpc) is 3.19. The first-order valence-corrected chi connectivity index (χ1v) is 12.7. The van der Waals surface area contributed by atoms with Crippen LogP contribution in [0.25, 0.3) is 27.9 Å². The van der Waals surface area contributed by atoms with Crippen LogP contribution >= 0.6 is 0 Å².